The second-order valence-electron chi connectivity index (χ2n) is 5.36. The predicted molar refractivity (Wildman–Crippen MR) is 69.9 cm³/mol. The van der Waals surface area contributed by atoms with E-state index in [1.807, 2.05) is 31.2 Å². The van der Waals surface area contributed by atoms with E-state index in [2.05, 4.69) is 5.32 Å². The molecule has 1 nitrogen and oxygen atoms in total. The molecule has 0 amide bonds. The second-order valence-corrected chi connectivity index (χ2v) is 5.36. The summed E-state index contributed by atoms with van der Waals surface area (Å²) in [6, 6.07) is 8.13. The molecule has 2 rings (SSSR count). The molecule has 1 N–H and O–H groups in total. The van der Waals surface area contributed by atoms with Gasteiger partial charge in [0.25, 0.3) is 0 Å². The van der Waals surface area contributed by atoms with Crippen LogP contribution < -0.4 is 5.32 Å². The molecule has 2 atom stereocenters. The van der Waals surface area contributed by atoms with Gasteiger partial charge < -0.3 is 5.32 Å². The fourth-order valence-corrected chi connectivity index (χ4v) is 2.83. The highest BCUT2D eigenvalue weighted by molar-refractivity contribution is 5.31. The normalized spacial score (nSPS) is 24.3. The van der Waals surface area contributed by atoms with Crippen molar-refractivity contribution < 1.29 is 4.39 Å². The van der Waals surface area contributed by atoms with E-state index in [9.17, 15) is 4.39 Å². The van der Waals surface area contributed by atoms with Gasteiger partial charge in [0.1, 0.15) is 5.67 Å². The van der Waals surface area contributed by atoms with Crippen LogP contribution in [0.4, 0.5) is 4.39 Å². The van der Waals surface area contributed by atoms with Gasteiger partial charge in [0.15, 0.2) is 0 Å². The molecule has 1 heterocycles. The number of nitrogens with one attached hydrogen (secondary N) is 1. The summed E-state index contributed by atoms with van der Waals surface area (Å²) >= 11 is 0. The van der Waals surface area contributed by atoms with Crippen LogP contribution in [0.2, 0.25) is 0 Å². The van der Waals surface area contributed by atoms with Crippen molar-refractivity contribution in [3.05, 3.63) is 35.4 Å². The summed E-state index contributed by atoms with van der Waals surface area (Å²) in [5.74, 6) is 0. The topological polar surface area (TPSA) is 12.0 Å². The Morgan fingerprint density at radius 1 is 1.35 bits per heavy atom. The fraction of sp³-hybridized carbons (Fsp3) is 0.600. The van der Waals surface area contributed by atoms with Crippen LogP contribution in [0.3, 0.4) is 0 Å². The first-order valence-electron chi connectivity index (χ1n) is 6.58. The van der Waals surface area contributed by atoms with Crippen molar-refractivity contribution >= 4 is 0 Å². The van der Waals surface area contributed by atoms with Crippen molar-refractivity contribution in [3.63, 3.8) is 0 Å². The van der Waals surface area contributed by atoms with Crippen LogP contribution >= 0.6 is 0 Å². The Morgan fingerprint density at radius 2 is 2.12 bits per heavy atom. The zero-order valence-electron chi connectivity index (χ0n) is 10.8. The maximum absolute atomic E-state index is 14.8. The van der Waals surface area contributed by atoms with Gasteiger partial charge in [-0.15, -0.1) is 0 Å². The van der Waals surface area contributed by atoms with E-state index >= 15 is 0 Å². The molecular formula is C15H22FN. The minimum Gasteiger partial charge on any atom is -0.314 e. The van der Waals surface area contributed by atoms with Crippen molar-refractivity contribution in [1.82, 2.24) is 5.32 Å². The Hall–Kier alpha value is -0.890. The van der Waals surface area contributed by atoms with Crippen LogP contribution in [0.25, 0.3) is 0 Å². The zero-order chi connectivity index (χ0) is 12.3. The Kier molecular flexibility index (Phi) is 3.82. The van der Waals surface area contributed by atoms with Crippen molar-refractivity contribution in [3.8, 4) is 0 Å². The molecule has 17 heavy (non-hydrogen) atoms. The third-order valence-electron chi connectivity index (χ3n) is 3.75. The molecule has 0 aromatic heterocycles. The van der Waals surface area contributed by atoms with E-state index in [1.54, 1.807) is 6.92 Å². The lowest BCUT2D eigenvalue weighted by atomic mass is 9.86. The lowest BCUT2D eigenvalue weighted by Gasteiger charge is -2.31. The molecule has 0 radical (unpaired) electrons. The molecular weight excluding hydrogens is 213 g/mol. The SMILES string of the molecule is Cc1ccccc1C(C)(F)CC1CCCCN1. The Balaban J connectivity index is 2.10. The van der Waals surface area contributed by atoms with Crippen molar-refractivity contribution in [2.75, 3.05) is 6.54 Å². The first-order chi connectivity index (χ1) is 8.09. The lowest BCUT2D eigenvalue weighted by molar-refractivity contribution is 0.145. The molecule has 1 aromatic carbocycles. The number of aryl methyl sites for hydroxylation is 1. The van der Waals surface area contributed by atoms with Crippen LogP contribution in [0.1, 0.15) is 43.7 Å². The second kappa shape index (κ2) is 5.18. The summed E-state index contributed by atoms with van der Waals surface area (Å²) in [7, 11) is 0. The van der Waals surface area contributed by atoms with Crippen molar-refractivity contribution in [2.45, 2.75) is 51.2 Å². The minimum atomic E-state index is -1.22. The number of alkyl halides is 1. The van der Waals surface area contributed by atoms with Gasteiger partial charge >= 0.3 is 0 Å². The molecule has 1 fully saturated rings. The molecule has 0 spiro atoms. The third kappa shape index (κ3) is 3.06. The minimum absolute atomic E-state index is 0.332. The van der Waals surface area contributed by atoms with Gasteiger partial charge in [-0.05, 0) is 44.4 Å². The first-order valence-corrected chi connectivity index (χ1v) is 6.58. The summed E-state index contributed by atoms with van der Waals surface area (Å²) < 4.78 is 14.8. The number of rotatable bonds is 3. The van der Waals surface area contributed by atoms with Gasteiger partial charge in [-0.1, -0.05) is 30.7 Å². The number of hydrogen-bond donors (Lipinski definition) is 1. The molecule has 0 saturated carbocycles. The third-order valence-corrected chi connectivity index (χ3v) is 3.75. The molecule has 94 valence electrons. The van der Waals surface area contributed by atoms with Crippen molar-refractivity contribution in [2.24, 2.45) is 0 Å². The zero-order valence-corrected chi connectivity index (χ0v) is 10.8. The molecule has 1 aromatic rings. The van der Waals surface area contributed by atoms with E-state index in [0.717, 1.165) is 24.1 Å². The molecule has 2 unspecified atom stereocenters. The van der Waals surface area contributed by atoms with Gasteiger partial charge in [0, 0.05) is 12.5 Å². The Bertz CT molecular complexity index is 367. The van der Waals surface area contributed by atoms with E-state index in [4.69, 9.17) is 0 Å². The number of hydrogen-bond acceptors (Lipinski definition) is 1. The van der Waals surface area contributed by atoms with Gasteiger partial charge in [0.05, 0.1) is 0 Å². The van der Waals surface area contributed by atoms with E-state index < -0.39 is 5.67 Å². The van der Waals surface area contributed by atoms with Crippen LogP contribution in [0, 0.1) is 6.92 Å². The van der Waals surface area contributed by atoms with Crippen LogP contribution in [-0.4, -0.2) is 12.6 Å². The highest BCUT2D eigenvalue weighted by Crippen LogP contribution is 2.34. The average molecular weight is 235 g/mol. The van der Waals surface area contributed by atoms with Crippen LogP contribution in [0.5, 0.6) is 0 Å². The van der Waals surface area contributed by atoms with Crippen LogP contribution in [0.15, 0.2) is 24.3 Å². The summed E-state index contributed by atoms with van der Waals surface area (Å²) in [6.07, 6.45) is 4.13. The average Bonchev–Trinajstić information content (AvgIpc) is 2.30. The summed E-state index contributed by atoms with van der Waals surface area (Å²) in [5.41, 5.74) is 0.668. The van der Waals surface area contributed by atoms with Crippen LogP contribution in [-0.2, 0) is 5.67 Å². The predicted octanol–water partition coefficient (Wildman–Crippen LogP) is 3.71. The maximum Gasteiger partial charge on any atom is 0.135 e. The monoisotopic (exact) mass is 235 g/mol. The molecule has 1 saturated heterocycles. The van der Waals surface area contributed by atoms with Crippen molar-refractivity contribution in [1.29, 1.82) is 0 Å². The number of piperidine rings is 1. The summed E-state index contributed by atoms with van der Waals surface area (Å²) in [6.45, 7) is 4.74. The molecule has 0 bridgehead atoms. The van der Waals surface area contributed by atoms with E-state index in [-0.39, 0.29) is 0 Å². The molecule has 0 aliphatic carbocycles. The summed E-state index contributed by atoms with van der Waals surface area (Å²) in [4.78, 5) is 0. The van der Waals surface area contributed by atoms with E-state index in [1.165, 1.54) is 12.8 Å². The fourth-order valence-electron chi connectivity index (χ4n) is 2.83. The maximum atomic E-state index is 14.8. The van der Waals surface area contributed by atoms with Gasteiger partial charge in [-0.25, -0.2) is 4.39 Å². The number of halogens is 1. The molecule has 2 heteroatoms. The summed E-state index contributed by atoms with van der Waals surface area (Å²) in [5, 5.41) is 3.42. The van der Waals surface area contributed by atoms with Gasteiger partial charge in [0.2, 0.25) is 0 Å². The first kappa shape index (κ1) is 12.6. The quantitative estimate of drug-likeness (QED) is 0.842. The smallest absolute Gasteiger partial charge is 0.135 e. The standard InChI is InChI=1S/C15H22FN/c1-12-7-3-4-9-14(12)15(2,16)11-13-8-5-6-10-17-13/h3-4,7,9,13,17H,5-6,8,10-11H2,1-2H3. The lowest BCUT2D eigenvalue weighted by Crippen LogP contribution is -2.38. The van der Waals surface area contributed by atoms with E-state index in [0.29, 0.717) is 12.5 Å². The highest BCUT2D eigenvalue weighted by atomic mass is 19.1. The molecule has 1 aliphatic rings. The Morgan fingerprint density at radius 3 is 2.76 bits per heavy atom. The van der Waals surface area contributed by atoms with Gasteiger partial charge in [-0.2, -0.15) is 0 Å². The number of benzene rings is 1. The molecule has 1 aliphatic heterocycles. The Labute approximate surface area is 103 Å². The highest BCUT2D eigenvalue weighted by Gasteiger charge is 2.31. The largest absolute Gasteiger partial charge is 0.314 e. The van der Waals surface area contributed by atoms with Gasteiger partial charge in [-0.3, -0.25) is 0 Å².